The highest BCUT2D eigenvalue weighted by Gasteiger charge is 2.33. The van der Waals surface area contributed by atoms with E-state index in [0.29, 0.717) is 5.95 Å². The van der Waals surface area contributed by atoms with E-state index in [4.69, 9.17) is 16.3 Å². The lowest BCUT2D eigenvalue weighted by molar-refractivity contribution is 0.221. The zero-order valence-electron chi connectivity index (χ0n) is 11.2. The minimum Gasteiger partial charge on any atom is -0.461 e. The minimum atomic E-state index is 0.0186. The zero-order valence-corrected chi connectivity index (χ0v) is 12.0. The molecule has 100 valence electrons. The zero-order chi connectivity index (χ0) is 13.3. The molecule has 0 aliphatic heterocycles. The first kappa shape index (κ1) is 13.3. The van der Waals surface area contributed by atoms with Crippen molar-refractivity contribution in [2.24, 2.45) is 11.8 Å². The molecule has 0 amide bonds. The first-order valence-corrected chi connectivity index (χ1v) is 6.63. The average molecular weight is 271 g/mol. The standard InChI is InChI=1S/C12H19ClN4O/c1-7(2)18-12-15-10(13)14-11(16-12)17(4)6-9-5-8(9)3/h7-9H,5-6H2,1-4H3. The van der Waals surface area contributed by atoms with E-state index in [1.807, 2.05) is 25.8 Å². The van der Waals surface area contributed by atoms with Gasteiger partial charge in [-0.25, -0.2) is 0 Å². The monoisotopic (exact) mass is 270 g/mol. The highest BCUT2D eigenvalue weighted by molar-refractivity contribution is 6.28. The molecule has 1 saturated carbocycles. The van der Waals surface area contributed by atoms with E-state index in [1.54, 1.807) is 0 Å². The van der Waals surface area contributed by atoms with Crippen LogP contribution in [0.2, 0.25) is 5.28 Å². The maximum atomic E-state index is 5.89. The van der Waals surface area contributed by atoms with E-state index < -0.39 is 0 Å². The summed E-state index contributed by atoms with van der Waals surface area (Å²) in [5.74, 6) is 2.11. The normalized spacial score (nSPS) is 22.1. The van der Waals surface area contributed by atoms with Crippen LogP contribution in [0.5, 0.6) is 6.01 Å². The minimum absolute atomic E-state index is 0.0186. The summed E-state index contributed by atoms with van der Waals surface area (Å²) < 4.78 is 5.45. The number of ether oxygens (including phenoxy) is 1. The Hall–Kier alpha value is -1.10. The Morgan fingerprint density at radius 2 is 2.06 bits per heavy atom. The van der Waals surface area contributed by atoms with Crippen molar-refractivity contribution < 1.29 is 4.74 Å². The van der Waals surface area contributed by atoms with E-state index in [0.717, 1.165) is 18.4 Å². The second kappa shape index (κ2) is 5.26. The Morgan fingerprint density at radius 1 is 1.39 bits per heavy atom. The highest BCUT2D eigenvalue weighted by atomic mass is 35.5. The van der Waals surface area contributed by atoms with Crippen LogP contribution in [0.1, 0.15) is 27.2 Å². The molecule has 1 heterocycles. The Balaban J connectivity index is 2.08. The van der Waals surface area contributed by atoms with Gasteiger partial charge in [0, 0.05) is 13.6 Å². The molecule has 1 aliphatic rings. The van der Waals surface area contributed by atoms with Crippen LogP contribution in [0.3, 0.4) is 0 Å². The Bertz CT molecular complexity index is 427. The summed E-state index contributed by atoms with van der Waals surface area (Å²) in [6, 6.07) is 0.288. The summed E-state index contributed by atoms with van der Waals surface area (Å²) in [5.41, 5.74) is 0. The highest BCUT2D eigenvalue weighted by Crippen LogP contribution is 2.38. The van der Waals surface area contributed by atoms with Gasteiger partial charge in [0.15, 0.2) is 0 Å². The number of hydrogen-bond acceptors (Lipinski definition) is 5. The molecule has 6 heteroatoms. The van der Waals surface area contributed by atoms with Crippen LogP contribution in [-0.2, 0) is 0 Å². The van der Waals surface area contributed by atoms with Gasteiger partial charge in [-0.05, 0) is 43.7 Å². The summed E-state index contributed by atoms with van der Waals surface area (Å²) in [5, 5.41) is 0.173. The third-order valence-electron chi connectivity index (χ3n) is 3.04. The van der Waals surface area contributed by atoms with Crippen molar-refractivity contribution in [3.05, 3.63) is 5.28 Å². The van der Waals surface area contributed by atoms with Gasteiger partial charge in [-0.3, -0.25) is 0 Å². The molecule has 1 aromatic heterocycles. The molecule has 1 aliphatic carbocycles. The van der Waals surface area contributed by atoms with Crippen LogP contribution in [0, 0.1) is 11.8 Å². The molecule has 0 aromatic carbocycles. The topological polar surface area (TPSA) is 51.1 Å². The molecule has 0 spiro atoms. The van der Waals surface area contributed by atoms with E-state index >= 15 is 0 Å². The van der Waals surface area contributed by atoms with E-state index in [1.165, 1.54) is 6.42 Å². The summed E-state index contributed by atoms with van der Waals surface area (Å²) >= 11 is 5.89. The molecular formula is C12H19ClN4O. The van der Waals surface area contributed by atoms with Gasteiger partial charge < -0.3 is 9.64 Å². The van der Waals surface area contributed by atoms with Gasteiger partial charge in [0.25, 0.3) is 0 Å². The first-order valence-electron chi connectivity index (χ1n) is 6.25. The van der Waals surface area contributed by atoms with Gasteiger partial charge in [-0.15, -0.1) is 0 Å². The Morgan fingerprint density at radius 3 is 2.61 bits per heavy atom. The van der Waals surface area contributed by atoms with Gasteiger partial charge in [0.2, 0.25) is 11.2 Å². The molecule has 0 bridgehead atoms. The Kier molecular flexibility index (Phi) is 3.90. The van der Waals surface area contributed by atoms with Crippen molar-refractivity contribution in [1.82, 2.24) is 15.0 Å². The van der Waals surface area contributed by atoms with E-state index in [9.17, 15) is 0 Å². The van der Waals surface area contributed by atoms with Gasteiger partial charge in [-0.1, -0.05) is 6.92 Å². The fourth-order valence-electron chi connectivity index (χ4n) is 1.84. The molecule has 2 unspecified atom stereocenters. The molecule has 18 heavy (non-hydrogen) atoms. The lowest BCUT2D eigenvalue weighted by Crippen LogP contribution is -2.23. The molecule has 0 saturated heterocycles. The smallest absolute Gasteiger partial charge is 0.322 e. The number of hydrogen-bond donors (Lipinski definition) is 0. The molecule has 1 aromatic rings. The SMILES string of the molecule is CC(C)Oc1nc(Cl)nc(N(C)CC2CC2C)n1. The van der Waals surface area contributed by atoms with Crippen molar-refractivity contribution in [3.8, 4) is 6.01 Å². The fourth-order valence-corrected chi connectivity index (χ4v) is 1.99. The first-order chi connectivity index (χ1) is 8.45. The van der Waals surface area contributed by atoms with Crippen LogP contribution < -0.4 is 9.64 Å². The largest absolute Gasteiger partial charge is 0.461 e. The molecule has 5 nitrogen and oxygen atoms in total. The van der Waals surface area contributed by atoms with E-state index in [-0.39, 0.29) is 17.4 Å². The summed E-state index contributed by atoms with van der Waals surface area (Å²) in [6.07, 6.45) is 1.29. The van der Waals surface area contributed by atoms with E-state index in [2.05, 4.69) is 21.9 Å². The lowest BCUT2D eigenvalue weighted by atomic mass is 10.3. The number of anilines is 1. The quantitative estimate of drug-likeness (QED) is 0.822. The van der Waals surface area contributed by atoms with Crippen molar-refractivity contribution in [2.45, 2.75) is 33.3 Å². The number of rotatable bonds is 5. The predicted molar refractivity (Wildman–Crippen MR) is 71.1 cm³/mol. The van der Waals surface area contributed by atoms with Crippen LogP contribution in [0.15, 0.2) is 0 Å². The summed E-state index contributed by atoms with van der Waals surface area (Å²) in [7, 11) is 1.97. The van der Waals surface area contributed by atoms with Crippen LogP contribution >= 0.6 is 11.6 Å². The van der Waals surface area contributed by atoms with Crippen LogP contribution in [0.25, 0.3) is 0 Å². The second-order valence-electron chi connectivity index (χ2n) is 5.21. The maximum absolute atomic E-state index is 5.89. The van der Waals surface area contributed by atoms with Crippen molar-refractivity contribution in [1.29, 1.82) is 0 Å². The molecule has 0 radical (unpaired) electrons. The molecule has 1 fully saturated rings. The summed E-state index contributed by atoms with van der Waals surface area (Å²) in [4.78, 5) is 14.4. The van der Waals surface area contributed by atoms with Gasteiger partial charge in [0.05, 0.1) is 6.10 Å². The maximum Gasteiger partial charge on any atom is 0.322 e. The van der Waals surface area contributed by atoms with Gasteiger partial charge in [-0.2, -0.15) is 15.0 Å². The molecule has 0 N–H and O–H groups in total. The third-order valence-corrected chi connectivity index (χ3v) is 3.21. The molecule has 2 atom stereocenters. The van der Waals surface area contributed by atoms with Gasteiger partial charge in [0.1, 0.15) is 0 Å². The van der Waals surface area contributed by atoms with Gasteiger partial charge >= 0.3 is 6.01 Å². The molecular weight excluding hydrogens is 252 g/mol. The van der Waals surface area contributed by atoms with Crippen molar-refractivity contribution >= 4 is 17.5 Å². The average Bonchev–Trinajstić information content (AvgIpc) is 2.92. The second-order valence-corrected chi connectivity index (χ2v) is 5.55. The van der Waals surface area contributed by atoms with Crippen molar-refractivity contribution in [2.75, 3.05) is 18.5 Å². The fraction of sp³-hybridized carbons (Fsp3) is 0.750. The number of aromatic nitrogens is 3. The van der Waals surface area contributed by atoms with Crippen molar-refractivity contribution in [3.63, 3.8) is 0 Å². The lowest BCUT2D eigenvalue weighted by Gasteiger charge is -2.17. The number of nitrogens with zero attached hydrogens (tertiary/aromatic N) is 4. The molecule has 2 rings (SSSR count). The Labute approximate surface area is 113 Å². The summed E-state index contributed by atoms with van der Waals surface area (Å²) in [6.45, 7) is 7.05. The van der Waals surface area contributed by atoms with Crippen LogP contribution in [0.4, 0.5) is 5.95 Å². The number of halogens is 1. The van der Waals surface area contributed by atoms with Crippen LogP contribution in [-0.4, -0.2) is 34.6 Å². The predicted octanol–water partition coefficient (Wildman–Crippen LogP) is 2.40. The third kappa shape index (κ3) is 3.45.